The second-order valence-corrected chi connectivity index (χ2v) is 37.7. The molecule has 7 aliphatic rings. The summed E-state index contributed by atoms with van der Waals surface area (Å²) in [7, 11) is -11.2. The van der Waals surface area contributed by atoms with Crippen LogP contribution >= 0.6 is 23.1 Å². The molecule has 0 radical (unpaired) electrons. The van der Waals surface area contributed by atoms with Crippen LogP contribution in [0.5, 0.6) is 0 Å². The van der Waals surface area contributed by atoms with E-state index < -0.39 is 106 Å². The van der Waals surface area contributed by atoms with Gasteiger partial charge >= 0.3 is 5.51 Å². The molecule has 4 heterocycles. The number of aromatic nitrogens is 1. The first-order valence-corrected chi connectivity index (χ1v) is 42.0. The van der Waals surface area contributed by atoms with E-state index in [1.165, 1.54) is 39.9 Å². The first-order chi connectivity index (χ1) is 50.5. The van der Waals surface area contributed by atoms with Crippen molar-refractivity contribution in [3.05, 3.63) is 131 Å². The van der Waals surface area contributed by atoms with Crippen LogP contribution in [0.4, 0.5) is 33.3 Å². The minimum Gasteiger partial charge on any atom is -0.391 e. The molecule has 0 unspecified atom stereocenters. The summed E-state index contributed by atoms with van der Waals surface area (Å²) in [5.74, 6) is -2.18. The summed E-state index contributed by atoms with van der Waals surface area (Å²) in [6.07, 6.45) is 5.14. The molecule has 29 heteroatoms. The summed E-state index contributed by atoms with van der Waals surface area (Å²) in [6, 6.07) is 22.4. The zero-order valence-electron chi connectivity index (χ0n) is 61.9. The molecule has 1 aromatic heterocycles. The lowest BCUT2D eigenvalue weighted by Crippen LogP contribution is -2.66. The summed E-state index contributed by atoms with van der Waals surface area (Å²) < 4.78 is 128. The van der Waals surface area contributed by atoms with E-state index in [2.05, 4.69) is 54.8 Å². The number of β-amino-alcohol motifs (C(OH)–C–C–N with tert-alkyl or cyclic N) is 1. The number of sulfone groups is 1. The number of piperazine rings is 1. The number of hydrogen-bond acceptors (Lipinski definition) is 17. The Morgan fingerprint density at radius 2 is 1.48 bits per heavy atom. The number of halogens is 5. The van der Waals surface area contributed by atoms with Crippen molar-refractivity contribution in [3.63, 3.8) is 0 Å². The Morgan fingerprint density at radius 1 is 0.804 bits per heavy atom. The van der Waals surface area contributed by atoms with E-state index in [9.17, 15) is 67.9 Å². The van der Waals surface area contributed by atoms with Crippen LogP contribution in [0.15, 0.2) is 128 Å². The maximum atomic E-state index is 14.6. The van der Waals surface area contributed by atoms with E-state index in [1.807, 2.05) is 93.9 Å². The highest BCUT2D eigenvalue weighted by Gasteiger charge is 2.73. The number of likely N-dealkylation sites (tertiary alicyclic amines) is 2. The molecule has 12 rings (SSSR count). The normalized spacial score (nSPS) is 22.9. The highest BCUT2D eigenvalue weighted by Crippen LogP contribution is 2.79. The Balaban J connectivity index is 0.630. The van der Waals surface area contributed by atoms with Gasteiger partial charge in [-0.3, -0.25) is 28.9 Å². The molecule has 5 aromatic rings. The lowest BCUT2D eigenvalue weighted by Gasteiger charge is -2.72. The number of allylic oxidation sites excluding steroid dienone is 1. The number of nitrogens with one attached hydrogen (secondary N) is 5. The average Bonchev–Trinajstić information content (AvgIpc) is 1.14. The standard InChI is InChI=1S/C78H101F5N10O10S4/c1-50(52-19-21-53(22-20-52)68-51(2)84-49-105-68)85-71(98)64-39-59(94)44-93(64)72(99)69(74(3,4)5)88-67(96)18-14-9-8-13-17-66(95)87-56-30-33-90(43-56)34-31-57(45-104-60-15-11-10-12-16-60)86-63-28-27-61(40-65(63)106(100,101)78(81,82)83)107(102,103)89-70(97)54-23-25-58(26-24-54)92-37-35-91(36-38-92)42-55-29-32-75(6,7)41-62(55)76-46-77(47-76,48-76)73(79)80/h10-12,15-16,19-28,40,49-50,56-57,59,64,69,73,86,94H,8-9,13-14,17-18,29-39,41-48H2,1-7H3,(H,85,98)(H,87,95)(H,88,96)(H,89,97)/t50-,56-,57+,59+,64-,69+,76?,77?/m0/s1. The van der Waals surface area contributed by atoms with Gasteiger partial charge in [0.1, 0.15) is 17.0 Å². The molecule has 20 nitrogen and oxygen atoms in total. The van der Waals surface area contributed by atoms with E-state index in [-0.39, 0.29) is 65.8 Å². The van der Waals surface area contributed by atoms with Crippen molar-refractivity contribution in [1.29, 1.82) is 0 Å². The van der Waals surface area contributed by atoms with Gasteiger partial charge in [-0.15, -0.1) is 23.1 Å². The molecule has 4 aliphatic carbocycles. The number of thiazole rings is 1. The van der Waals surface area contributed by atoms with Crippen molar-refractivity contribution in [2.45, 2.75) is 208 Å². The van der Waals surface area contributed by atoms with E-state index in [0.29, 0.717) is 96.6 Å². The number of nitrogens with zero attached hydrogens (tertiary/aromatic N) is 5. The van der Waals surface area contributed by atoms with Crippen molar-refractivity contribution in [2.75, 3.05) is 74.9 Å². The number of carbonyl (C=O) groups is 5. The number of benzene rings is 4. The summed E-state index contributed by atoms with van der Waals surface area (Å²) in [6.45, 7) is 18.8. The molecule has 0 spiro atoms. The van der Waals surface area contributed by atoms with Crippen molar-refractivity contribution in [3.8, 4) is 10.4 Å². The van der Waals surface area contributed by atoms with E-state index in [1.54, 1.807) is 29.0 Å². The number of amides is 5. The maximum absolute atomic E-state index is 14.6. The van der Waals surface area contributed by atoms with Gasteiger partial charge in [0.2, 0.25) is 30.1 Å². The summed E-state index contributed by atoms with van der Waals surface area (Å²) in [4.78, 5) is 80.4. The number of anilines is 2. The fourth-order valence-corrected chi connectivity index (χ4v) is 20.0. The highest BCUT2D eigenvalue weighted by atomic mass is 32.2. The maximum Gasteiger partial charge on any atom is 0.501 e. The van der Waals surface area contributed by atoms with Gasteiger partial charge in [-0.05, 0) is 160 Å². The monoisotopic (exact) mass is 1560 g/mol. The van der Waals surface area contributed by atoms with Crippen molar-refractivity contribution in [1.82, 2.24) is 40.4 Å². The summed E-state index contributed by atoms with van der Waals surface area (Å²) in [5, 5.41) is 22.8. The van der Waals surface area contributed by atoms with Crippen LogP contribution in [0.3, 0.4) is 0 Å². The van der Waals surface area contributed by atoms with Crippen LogP contribution in [0.2, 0.25) is 0 Å². The quantitative estimate of drug-likeness (QED) is 0.0104. The number of hydrogen-bond donors (Lipinski definition) is 6. The molecule has 3 saturated carbocycles. The minimum absolute atomic E-state index is 0.0527. The SMILES string of the molecule is Cc1ncsc1-c1ccc([C@H](C)NC(=O)[C@@H]2C[C@@H](O)CN2C(=O)[C@@H](NC(=O)CCCCCCC(=O)N[C@H]2CCN(CC[C@H](CSc3ccccc3)Nc3ccc(S(=O)(=O)NC(=O)c4ccc(N5CCN(CC6=C(C78CC(C(F)F)(C7)C8)CC(C)(C)CC6)CC5)cc4)cc3S(=O)(=O)C(F)(F)F)C2)C(C)(C)C)cc1. The van der Waals surface area contributed by atoms with E-state index in [4.69, 9.17) is 0 Å². The Labute approximate surface area is 633 Å². The molecule has 4 aromatic carbocycles. The highest BCUT2D eigenvalue weighted by molar-refractivity contribution is 7.99. The Kier molecular flexibility index (Phi) is 25.2. The molecule has 3 aliphatic heterocycles. The molecule has 6 atom stereocenters. The fraction of sp³-hybridized carbons (Fsp3) is 0.564. The smallest absolute Gasteiger partial charge is 0.391 e. The number of alkyl halides is 5. The third-order valence-electron chi connectivity index (χ3n) is 22.3. The number of thioether (sulfide) groups is 1. The van der Waals surface area contributed by atoms with Gasteiger partial charge in [0.15, 0.2) is 0 Å². The van der Waals surface area contributed by atoms with Gasteiger partial charge in [-0.25, -0.2) is 35.3 Å². The first-order valence-electron chi connectivity index (χ1n) is 37.2. The zero-order valence-corrected chi connectivity index (χ0v) is 65.2. The van der Waals surface area contributed by atoms with E-state index >= 15 is 0 Å². The molecule has 582 valence electrons. The first kappa shape index (κ1) is 81.0. The van der Waals surface area contributed by atoms with Crippen LogP contribution in [0, 0.1) is 28.6 Å². The second-order valence-electron chi connectivity index (χ2n) is 32.2. The largest absolute Gasteiger partial charge is 0.501 e. The number of aliphatic hydroxyl groups excluding tert-OH is 1. The van der Waals surface area contributed by atoms with Crippen LogP contribution in [0.1, 0.15) is 166 Å². The number of unbranched alkanes of at least 4 members (excludes halogenated alkanes) is 3. The molecule has 3 saturated heterocycles. The van der Waals surface area contributed by atoms with Crippen molar-refractivity contribution < 1.29 is 67.9 Å². The van der Waals surface area contributed by atoms with Gasteiger partial charge in [-0.1, -0.05) is 101 Å². The number of aliphatic hydroxyl groups is 1. The molecule has 2 bridgehead atoms. The van der Waals surface area contributed by atoms with Gasteiger partial charge in [0, 0.05) is 118 Å². The Morgan fingerprint density at radius 3 is 2.11 bits per heavy atom. The van der Waals surface area contributed by atoms with Crippen LogP contribution in [-0.4, -0.2) is 178 Å². The molecule has 6 fully saturated rings. The third-order valence-corrected chi connectivity index (χ3v) is 27.3. The molecular weight excluding hydrogens is 1460 g/mol. The Bertz CT molecular complexity index is 4260. The number of rotatable bonds is 31. The molecule has 6 N–H and O–H groups in total. The number of carbonyl (C=O) groups excluding carboxylic acids is 5. The summed E-state index contributed by atoms with van der Waals surface area (Å²) in [5.41, 5.74) is 0.310. The van der Waals surface area contributed by atoms with Crippen LogP contribution < -0.4 is 30.9 Å². The number of aryl methyl sites for hydroxylation is 1. The fourth-order valence-electron chi connectivity index (χ4n) is 16.2. The zero-order chi connectivity index (χ0) is 77.0. The number of sulfonamides is 1. The lowest BCUT2D eigenvalue weighted by atomic mass is 9.32. The van der Waals surface area contributed by atoms with Crippen LogP contribution in [0.25, 0.3) is 10.4 Å². The van der Waals surface area contributed by atoms with Crippen molar-refractivity contribution in [2.24, 2.45) is 21.7 Å². The second kappa shape index (κ2) is 33.3. The van der Waals surface area contributed by atoms with Gasteiger partial charge < -0.3 is 41.1 Å². The van der Waals surface area contributed by atoms with Gasteiger partial charge in [-0.2, -0.15) is 13.2 Å². The molecule has 5 amide bonds. The predicted octanol–water partition coefficient (Wildman–Crippen LogP) is 12.5. The topological polar surface area (TPSA) is 260 Å². The Hall–Kier alpha value is -7.02. The van der Waals surface area contributed by atoms with E-state index in [0.717, 1.165) is 83.3 Å². The third kappa shape index (κ3) is 19.4. The lowest BCUT2D eigenvalue weighted by molar-refractivity contribution is -0.250. The average molecular weight is 1560 g/mol. The minimum atomic E-state index is -6.19. The summed E-state index contributed by atoms with van der Waals surface area (Å²) >= 11 is 2.93. The van der Waals surface area contributed by atoms with Crippen LogP contribution in [-0.2, 0) is 39.0 Å². The van der Waals surface area contributed by atoms with Gasteiger partial charge in [0.25, 0.3) is 25.8 Å². The van der Waals surface area contributed by atoms with Crippen molar-refractivity contribution >= 4 is 83.9 Å². The van der Waals surface area contributed by atoms with Gasteiger partial charge in [0.05, 0.1) is 38.8 Å². The predicted molar refractivity (Wildman–Crippen MR) is 405 cm³/mol. The molecular formula is C78H101F5N10O10S4. The molecule has 107 heavy (non-hydrogen) atoms.